The first-order chi connectivity index (χ1) is 11.7. The van der Waals surface area contributed by atoms with Crippen molar-refractivity contribution in [3.05, 3.63) is 103 Å². The summed E-state index contributed by atoms with van der Waals surface area (Å²) < 4.78 is 0. The molecule has 0 N–H and O–H groups in total. The largest absolute Gasteiger partial charge is 0.0985 e. The molecule has 0 atom stereocenters. The number of benzene rings is 3. The summed E-state index contributed by atoms with van der Waals surface area (Å²) >= 11 is 0. The molecule has 0 saturated carbocycles. The highest BCUT2D eigenvalue weighted by atomic mass is 31.1. The summed E-state index contributed by atoms with van der Waals surface area (Å²) in [6, 6.07) is 26.2. The van der Waals surface area contributed by atoms with E-state index in [0.29, 0.717) is 0 Å². The van der Waals surface area contributed by atoms with Crippen LogP contribution in [0.4, 0.5) is 0 Å². The zero-order valence-corrected chi connectivity index (χ0v) is 14.8. The van der Waals surface area contributed by atoms with Gasteiger partial charge in [-0.05, 0) is 47.4 Å². The van der Waals surface area contributed by atoms with E-state index in [9.17, 15) is 0 Å². The van der Waals surface area contributed by atoms with Gasteiger partial charge in [0, 0.05) is 0 Å². The second-order valence-electron chi connectivity index (χ2n) is 5.71. The highest BCUT2D eigenvalue weighted by Gasteiger charge is 2.17. The van der Waals surface area contributed by atoms with Gasteiger partial charge < -0.3 is 0 Å². The Morgan fingerprint density at radius 1 is 0.667 bits per heavy atom. The molecule has 0 heterocycles. The molecule has 0 radical (unpaired) electrons. The molecule has 3 rings (SSSR count). The fraction of sp³-hybridized carbons (Fsp3) is 0.0435. The maximum Gasteiger partial charge on any atom is -0.0122 e. The van der Waals surface area contributed by atoms with Crippen LogP contribution in [0.25, 0.3) is 12.2 Å². The van der Waals surface area contributed by atoms with Crippen molar-refractivity contribution in [3.63, 3.8) is 0 Å². The zero-order valence-electron chi connectivity index (χ0n) is 13.9. The minimum absolute atomic E-state index is 0.570. The average Bonchev–Trinajstić information content (AvgIpc) is 2.64. The monoisotopic (exact) mass is 328 g/mol. The molecule has 0 spiro atoms. The van der Waals surface area contributed by atoms with Gasteiger partial charge in [-0.25, -0.2) is 0 Å². The SMILES string of the molecule is C=Cc1ccc(P(c2ccc(C=C)cc2)c2ccccc2C)cc1. The van der Waals surface area contributed by atoms with Crippen molar-refractivity contribution in [3.8, 4) is 0 Å². The summed E-state index contributed by atoms with van der Waals surface area (Å²) in [4.78, 5) is 0. The van der Waals surface area contributed by atoms with E-state index in [2.05, 4.69) is 92.9 Å². The molecule has 0 aromatic heterocycles. The third-order valence-electron chi connectivity index (χ3n) is 4.13. The third kappa shape index (κ3) is 3.40. The quantitative estimate of drug-likeness (QED) is 0.576. The van der Waals surface area contributed by atoms with Gasteiger partial charge in [0.15, 0.2) is 0 Å². The molecule has 0 aliphatic rings. The summed E-state index contributed by atoms with van der Waals surface area (Å²) in [5.74, 6) is 0. The Hall–Kier alpha value is -2.43. The molecule has 0 unspecified atom stereocenters. The third-order valence-corrected chi connectivity index (χ3v) is 6.74. The molecule has 0 amide bonds. The van der Waals surface area contributed by atoms with Crippen LogP contribution in [0.1, 0.15) is 16.7 Å². The Morgan fingerprint density at radius 2 is 1.12 bits per heavy atom. The van der Waals surface area contributed by atoms with Crippen molar-refractivity contribution in [1.82, 2.24) is 0 Å². The van der Waals surface area contributed by atoms with E-state index in [1.54, 1.807) is 0 Å². The van der Waals surface area contributed by atoms with Gasteiger partial charge in [-0.1, -0.05) is 98.1 Å². The molecule has 0 nitrogen and oxygen atoms in total. The Balaban J connectivity index is 2.13. The summed E-state index contributed by atoms with van der Waals surface area (Å²) in [6.45, 7) is 9.90. The number of aryl methyl sites for hydroxylation is 1. The van der Waals surface area contributed by atoms with Crippen molar-refractivity contribution >= 4 is 36.0 Å². The highest BCUT2D eigenvalue weighted by molar-refractivity contribution is 7.79. The van der Waals surface area contributed by atoms with Crippen LogP contribution in [0, 0.1) is 6.92 Å². The zero-order chi connectivity index (χ0) is 16.9. The lowest BCUT2D eigenvalue weighted by Crippen LogP contribution is -2.22. The van der Waals surface area contributed by atoms with E-state index in [-0.39, 0.29) is 0 Å². The van der Waals surface area contributed by atoms with E-state index in [0.717, 1.165) is 11.1 Å². The number of hydrogen-bond donors (Lipinski definition) is 0. The lowest BCUT2D eigenvalue weighted by molar-refractivity contribution is 1.52. The minimum Gasteiger partial charge on any atom is -0.0985 e. The Kier molecular flexibility index (Phi) is 5.08. The summed E-state index contributed by atoms with van der Waals surface area (Å²) in [5, 5.41) is 4.12. The normalized spacial score (nSPS) is 10.6. The van der Waals surface area contributed by atoms with E-state index in [1.165, 1.54) is 21.5 Å². The van der Waals surface area contributed by atoms with Gasteiger partial charge in [0.2, 0.25) is 0 Å². The molecule has 3 aromatic rings. The molecule has 0 aliphatic carbocycles. The van der Waals surface area contributed by atoms with E-state index in [4.69, 9.17) is 0 Å². The van der Waals surface area contributed by atoms with Crippen molar-refractivity contribution < 1.29 is 0 Å². The molecule has 1 heteroatoms. The Labute approximate surface area is 145 Å². The van der Waals surface area contributed by atoms with Crippen LogP contribution in [0.3, 0.4) is 0 Å². The average molecular weight is 328 g/mol. The predicted octanol–water partition coefficient (Wildman–Crippen LogP) is 5.04. The second-order valence-corrected chi connectivity index (χ2v) is 7.90. The molecule has 24 heavy (non-hydrogen) atoms. The molecule has 0 aliphatic heterocycles. The minimum atomic E-state index is -0.570. The first kappa shape index (κ1) is 16.4. The standard InChI is InChI=1S/C23H21P/c1-4-19-10-14-21(15-11-19)24(23-9-7-6-8-18(23)3)22-16-12-20(5-2)13-17-22/h4-17H,1-2H2,3H3. The van der Waals surface area contributed by atoms with Crippen LogP contribution in [-0.2, 0) is 0 Å². The highest BCUT2D eigenvalue weighted by Crippen LogP contribution is 2.34. The predicted molar refractivity (Wildman–Crippen MR) is 110 cm³/mol. The first-order valence-corrected chi connectivity index (χ1v) is 9.38. The van der Waals surface area contributed by atoms with Crippen LogP contribution < -0.4 is 15.9 Å². The lowest BCUT2D eigenvalue weighted by Gasteiger charge is -2.21. The number of hydrogen-bond acceptors (Lipinski definition) is 0. The summed E-state index contributed by atoms with van der Waals surface area (Å²) in [7, 11) is -0.570. The summed E-state index contributed by atoms with van der Waals surface area (Å²) in [6.07, 6.45) is 3.78. The first-order valence-electron chi connectivity index (χ1n) is 8.03. The van der Waals surface area contributed by atoms with Crippen LogP contribution in [-0.4, -0.2) is 0 Å². The maximum absolute atomic E-state index is 3.85. The Bertz CT molecular complexity index is 790. The van der Waals surface area contributed by atoms with E-state index >= 15 is 0 Å². The van der Waals surface area contributed by atoms with Gasteiger partial charge >= 0.3 is 0 Å². The van der Waals surface area contributed by atoms with Crippen molar-refractivity contribution in [2.24, 2.45) is 0 Å². The van der Waals surface area contributed by atoms with Crippen LogP contribution in [0.2, 0.25) is 0 Å². The smallest absolute Gasteiger partial charge is 0.0122 e. The van der Waals surface area contributed by atoms with E-state index < -0.39 is 7.92 Å². The van der Waals surface area contributed by atoms with Gasteiger partial charge in [0.05, 0.1) is 0 Å². The fourth-order valence-electron chi connectivity index (χ4n) is 2.76. The Morgan fingerprint density at radius 3 is 1.54 bits per heavy atom. The number of rotatable bonds is 5. The van der Waals surface area contributed by atoms with E-state index in [1.807, 2.05) is 12.2 Å². The van der Waals surface area contributed by atoms with Crippen LogP contribution in [0.5, 0.6) is 0 Å². The molecular formula is C23H21P. The summed E-state index contributed by atoms with van der Waals surface area (Å²) in [5.41, 5.74) is 3.64. The molecule has 0 fully saturated rings. The van der Waals surface area contributed by atoms with Crippen LogP contribution in [0.15, 0.2) is 86.0 Å². The van der Waals surface area contributed by atoms with Crippen molar-refractivity contribution in [2.75, 3.05) is 0 Å². The van der Waals surface area contributed by atoms with Crippen molar-refractivity contribution in [2.45, 2.75) is 6.92 Å². The van der Waals surface area contributed by atoms with Gasteiger partial charge in [0.25, 0.3) is 0 Å². The topological polar surface area (TPSA) is 0 Å². The van der Waals surface area contributed by atoms with Gasteiger partial charge in [-0.15, -0.1) is 0 Å². The molecule has 3 aromatic carbocycles. The maximum atomic E-state index is 3.85. The molecule has 0 bridgehead atoms. The van der Waals surface area contributed by atoms with Gasteiger partial charge in [-0.3, -0.25) is 0 Å². The fourth-order valence-corrected chi connectivity index (χ4v) is 5.17. The molecular weight excluding hydrogens is 307 g/mol. The molecule has 118 valence electrons. The van der Waals surface area contributed by atoms with Gasteiger partial charge in [-0.2, -0.15) is 0 Å². The molecule has 0 saturated heterocycles. The van der Waals surface area contributed by atoms with Gasteiger partial charge in [0.1, 0.15) is 0 Å². The van der Waals surface area contributed by atoms with Crippen molar-refractivity contribution in [1.29, 1.82) is 0 Å². The second kappa shape index (κ2) is 7.43. The van der Waals surface area contributed by atoms with Crippen LogP contribution >= 0.6 is 7.92 Å². The lowest BCUT2D eigenvalue weighted by atomic mass is 10.2.